The average molecular weight is 287 g/mol. The molecule has 2 N–H and O–H groups in total. The maximum atomic E-state index is 11.1. The SMILES string of the molecule is Cc1n[nH]c(=O)nc1N/N=C\c1ccccc1OC(C)C. The highest BCUT2D eigenvalue weighted by Gasteiger charge is 2.03. The van der Waals surface area contributed by atoms with Crippen molar-refractivity contribution in [1.82, 2.24) is 15.2 Å². The lowest BCUT2D eigenvalue weighted by atomic mass is 10.2. The van der Waals surface area contributed by atoms with Crippen LogP contribution in [0.1, 0.15) is 25.1 Å². The van der Waals surface area contributed by atoms with Crippen LogP contribution in [0.3, 0.4) is 0 Å². The fourth-order valence-corrected chi connectivity index (χ4v) is 1.61. The molecule has 110 valence electrons. The van der Waals surface area contributed by atoms with E-state index in [4.69, 9.17) is 4.74 Å². The first-order chi connectivity index (χ1) is 10.1. The van der Waals surface area contributed by atoms with Gasteiger partial charge in [-0.2, -0.15) is 15.2 Å². The van der Waals surface area contributed by atoms with E-state index in [0.29, 0.717) is 11.5 Å². The van der Waals surface area contributed by atoms with E-state index in [-0.39, 0.29) is 6.10 Å². The summed E-state index contributed by atoms with van der Waals surface area (Å²) in [4.78, 5) is 14.9. The zero-order valence-electron chi connectivity index (χ0n) is 12.1. The second kappa shape index (κ2) is 6.65. The molecule has 0 amide bonds. The third kappa shape index (κ3) is 4.13. The van der Waals surface area contributed by atoms with Crippen LogP contribution in [0.25, 0.3) is 0 Å². The molecule has 2 aromatic rings. The fourth-order valence-electron chi connectivity index (χ4n) is 1.61. The van der Waals surface area contributed by atoms with Crippen LogP contribution < -0.4 is 15.9 Å². The van der Waals surface area contributed by atoms with E-state index in [9.17, 15) is 4.79 Å². The van der Waals surface area contributed by atoms with Crippen LogP contribution in [0.2, 0.25) is 0 Å². The summed E-state index contributed by atoms with van der Waals surface area (Å²) < 4.78 is 5.69. The van der Waals surface area contributed by atoms with Gasteiger partial charge in [0.25, 0.3) is 0 Å². The van der Waals surface area contributed by atoms with Crippen molar-refractivity contribution in [3.05, 3.63) is 46.0 Å². The lowest BCUT2D eigenvalue weighted by molar-refractivity contribution is 0.242. The third-order valence-electron chi connectivity index (χ3n) is 2.53. The summed E-state index contributed by atoms with van der Waals surface area (Å²) in [6.07, 6.45) is 1.69. The van der Waals surface area contributed by atoms with Gasteiger partial charge in [0.1, 0.15) is 11.4 Å². The summed E-state index contributed by atoms with van der Waals surface area (Å²) in [5, 5.41) is 10.1. The largest absolute Gasteiger partial charge is 0.490 e. The van der Waals surface area contributed by atoms with Crippen LogP contribution in [-0.2, 0) is 0 Å². The molecule has 0 aliphatic carbocycles. The van der Waals surface area contributed by atoms with E-state index in [2.05, 4.69) is 25.7 Å². The van der Waals surface area contributed by atoms with Gasteiger partial charge in [0.2, 0.25) is 0 Å². The Morgan fingerprint density at radius 1 is 1.38 bits per heavy atom. The third-order valence-corrected chi connectivity index (χ3v) is 2.53. The first-order valence-corrected chi connectivity index (χ1v) is 6.54. The lowest BCUT2D eigenvalue weighted by Crippen LogP contribution is -2.15. The molecule has 0 bridgehead atoms. The smallest absolute Gasteiger partial charge is 0.363 e. The number of para-hydroxylation sites is 1. The van der Waals surface area contributed by atoms with Crippen molar-refractivity contribution in [2.45, 2.75) is 26.9 Å². The molecule has 0 atom stereocenters. The summed E-state index contributed by atoms with van der Waals surface area (Å²) in [6, 6.07) is 7.56. The van der Waals surface area contributed by atoms with E-state index >= 15 is 0 Å². The van der Waals surface area contributed by atoms with E-state index in [1.807, 2.05) is 38.1 Å². The Morgan fingerprint density at radius 2 is 2.14 bits per heavy atom. The summed E-state index contributed by atoms with van der Waals surface area (Å²) >= 11 is 0. The standard InChI is InChI=1S/C14H17N5O2/c1-9(2)21-12-7-5-4-6-11(12)8-15-18-13-10(3)17-19-14(20)16-13/h4-9H,1-3H3,(H2,16,18,19,20)/b15-8-. The normalized spacial score (nSPS) is 11.0. The number of aromatic nitrogens is 3. The van der Waals surface area contributed by atoms with Crippen LogP contribution in [0.4, 0.5) is 5.82 Å². The van der Waals surface area contributed by atoms with Crippen LogP contribution in [0.5, 0.6) is 5.75 Å². The van der Waals surface area contributed by atoms with Gasteiger partial charge in [0.05, 0.1) is 12.3 Å². The monoisotopic (exact) mass is 287 g/mol. The summed E-state index contributed by atoms with van der Waals surface area (Å²) in [5.41, 5.74) is 3.56. The topological polar surface area (TPSA) is 92.3 Å². The molecule has 1 aromatic heterocycles. The number of hydrogen-bond donors (Lipinski definition) is 2. The van der Waals surface area contributed by atoms with Crippen molar-refractivity contribution in [3.8, 4) is 5.75 Å². The zero-order chi connectivity index (χ0) is 15.2. The molecule has 0 fully saturated rings. The molecule has 0 aliphatic rings. The second-order valence-electron chi connectivity index (χ2n) is 4.65. The average Bonchev–Trinajstić information content (AvgIpc) is 2.44. The van der Waals surface area contributed by atoms with Crippen LogP contribution in [0.15, 0.2) is 34.2 Å². The Morgan fingerprint density at radius 3 is 2.90 bits per heavy atom. The number of nitrogens with zero attached hydrogens (tertiary/aromatic N) is 3. The minimum atomic E-state index is -0.526. The molecule has 0 unspecified atom stereocenters. The molecular formula is C14H17N5O2. The number of anilines is 1. The van der Waals surface area contributed by atoms with Crippen molar-refractivity contribution >= 4 is 12.0 Å². The van der Waals surface area contributed by atoms with Gasteiger partial charge in [0.15, 0.2) is 5.82 Å². The fraction of sp³-hybridized carbons (Fsp3) is 0.286. The highest BCUT2D eigenvalue weighted by atomic mass is 16.5. The molecule has 0 saturated heterocycles. The number of hydrogen-bond acceptors (Lipinski definition) is 6. The molecule has 0 spiro atoms. The Bertz CT molecular complexity index is 694. The van der Waals surface area contributed by atoms with Crippen molar-refractivity contribution < 1.29 is 4.74 Å². The maximum Gasteiger partial charge on any atom is 0.363 e. The van der Waals surface area contributed by atoms with Gasteiger partial charge < -0.3 is 4.74 Å². The molecule has 0 aliphatic heterocycles. The molecule has 7 heteroatoms. The van der Waals surface area contributed by atoms with Gasteiger partial charge in [0, 0.05) is 5.56 Å². The van der Waals surface area contributed by atoms with Gasteiger partial charge >= 0.3 is 5.69 Å². The van der Waals surface area contributed by atoms with E-state index in [1.165, 1.54) is 0 Å². The zero-order valence-corrected chi connectivity index (χ0v) is 12.1. The van der Waals surface area contributed by atoms with Gasteiger partial charge in [-0.15, -0.1) is 0 Å². The Labute approximate surface area is 122 Å². The molecule has 21 heavy (non-hydrogen) atoms. The Kier molecular flexibility index (Phi) is 4.65. The number of benzene rings is 1. The Balaban J connectivity index is 2.14. The number of hydrazone groups is 1. The number of H-pyrrole nitrogens is 1. The van der Waals surface area contributed by atoms with Gasteiger partial charge in [-0.05, 0) is 32.9 Å². The maximum absolute atomic E-state index is 11.1. The second-order valence-corrected chi connectivity index (χ2v) is 4.65. The van der Waals surface area contributed by atoms with E-state index in [1.54, 1.807) is 13.1 Å². The number of ether oxygens (including phenoxy) is 1. The lowest BCUT2D eigenvalue weighted by Gasteiger charge is -2.11. The number of aromatic amines is 1. The molecule has 0 saturated carbocycles. The molecule has 2 rings (SSSR count). The Hall–Kier alpha value is -2.70. The first kappa shape index (κ1) is 14.7. The number of rotatable bonds is 5. The van der Waals surface area contributed by atoms with Crippen LogP contribution >= 0.6 is 0 Å². The van der Waals surface area contributed by atoms with Crippen LogP contribution in [0, 0.1) is 6.92 Å². The van der Waals surface area contributed by atoms with Crippen molar-refractivity contribution in [3.63, 3.8) is 0 Å². The highest BCUT2D eigenvalue weighted by Crippen LogP contribution is 2.17. The summed E-state index contributed by atoms with van der Waals surface area (Å²) in [5.74, 6) is 1.06. The van der Waals surface area contributed by atoms with Crippen molar-refractivity contribution in [2.75, 3.05) is 5.43 Å². The van der Waals surface area contributed by atoms with E-state index < -0.39 is 5.69 Å². The molecule has 0 radical (unpaired) electrons. The van der Waals surface area contributed by atoms with Gasteiger partial charge in [-0.1, -0.05) is 12.1 Å². The summed E-state index contributed by atoms with van der Waals surface area (Å²) in [6.45, 7) is 5.64. The van der Waals surface area contributed by atoms with Crippen molar-refractivity contribution in [2.24, 2.45) is 5.10 Å². The molecule has 1 aromatic carbocycles. The minimum Gasteiger partial charge on any atom is -0.490 e. The number of aryl methyl sites for hydroxylation is 1. The quantitative estimate of drug-likeness (QED) is 0.645. The predicted molar refractivity (Wildman–Crippen MR) is 80.8 cm³/mol. The summed E-state index contributed by atoms with van der Waals surface area (Å²) in [7, 11) is 0. The highest BCUT2D eigenvalue weighted by molar-refractivity contribution is 5.83. The van der Waals surface area contributed by atoms with Crippen molar-refractivity contribution in [1.29, 1.82) is 0 Å². The van der Waals surface area contributed by atoms with Gasteiger partial charge in [-0.3, -0.25) is 5.43 Å². The number of nitrogens with one attached hydrogen (secondary N) is 2. The predicted octanol–water partition coefficient (Wildman–Crippen LogP) is 1.71. The molecule has 1 heterocycles. The molecular weight excluding hydrogens is 270 g/mol. The first-order valence-electron chi connectivity index (χ1n) is 6.54. The molecule has 7 nitrogen and oxygen atoms in total. The van der Waals surface area contributed by atoms with Crippen LogP contribution in [-0.4, -0.2) is 27.5 Å². The van der Waals surface area contributed by atoms with E-state index in [0.717, 1.165) is 11.3 Å². The minimum absolute atomic E-state index is 0.0771. The van der Waals surface area contributed by atoms with Gasteiger partial charge in [-0.25, -0.2) is 9.89 Å².